The first-order valence-electron chi connectivity index (χ1n) is 6.14. The third kappa shape index (κ3) is 3.83. The van der Waals surface area contributed by atoms with Crippen LogP contribution in [0.15, 0.2) is 46.9 Å². The minimum absolute atomic E-state index is 0.132. The van der Waals surface area contributed by atoms with Crippen LogP contribution in [0.2, 0.25) is 0 Å². The molecule has 112 valence electrons. The van der Waals surface area contributed by atoms with Gasteiger partial charge in [0.1, 0.15) is 5.82 Å². The highest BCUT2D eigenvalue weighted by Crippen LogP contribution is 2.34. The van der Waals surface area contributed by atoms with E-state index in [-0.39, 0.29) is 12.0 Å². The molecule has 0 amide bonds. The maximum absolute atomic E-state index is 14.0. The molecule has 2 N–H and O–H groups in total. The van der Waals surface area contributed by atoms with Crippen molar-refractivity contribution in [3.8, 4) is 0 Å². The van der Waals surface area contributed by atoms with Gasteiger partial charge in [-0.05, 0) is 30.2 Å². The summed E-state index contributed by atoms with van der Waals surface area (Å²) in [5.41, 5.74) is 5.26. The maximum atomic E-state index is 14.0. The van der Waals surface area contributed by atoms with E-state index in [1.807, 2.05) is 0 Å². The highest BCUT2D eigenvalue weighted by molar-refractivity contribution is 9.10. The molecule has 0 radical (unpaired) electrons. The summed E-state index contributed by atoms with van der Waals surface area (Å²) in [5.74, 6) is -1.30. The molecule has 0 aliphatic rings. The SMILES string of the molecule is NC(Cc1ccc(Br)cc1)c1cccc(C(F)(F)F)c1F. The molecule has 0 aliphatic carbocycles. The Morgan fingerprint density at radius 1 is 1.05 bits per heavy atom. The molecule has 1 atom stereocenters. The molecule has 0 spiro atoms. The van der Waals surface area contributed by atoms with Crippen LogP contribution in [0, 0.1) is 5.82 Å². The molecule has 0 saturated heterocycles. The molecule has 21 heavy (non-hydrogen) atoms. The van der Waals surface area contributed by atoms with Crippen molar-refractivity contribution in [2.24, 2.45) is 5.73 Å². The highest BCUT2D eigenvalue weighted by Gasteiger charge is 2.35. The van der Waals surface area contributed by atoms with Gasteiger partial charge in [-0.2, -0.15) is 13.2 Å². The van der Waals surface area contributed by atoms with Gasteiger partial charge in [-0.1, -0.05) is 40.2 Å². The minimum atomic E-state index is -4.72. The number of nitrogens with two attached hydrogens (primary N) is 1. The normalized spacial score (nSPS) is 13.2. The number of benzene rings is 2. The van der Waals surface area contributed by atoms with E-state index in [4.69, 9.17) is 5.73 Å². The second-order valence-corrected chi connectivity index (χ2v) is 5.56. The van der Waals surface area contributed by atoms with Crippen molar-refractivity contribution >= 4 is 15.9 Å². The topological polar surface area (TPSA) is 26.0 Å². The van der Waals surface area contributed by atoms with E-state index in [2.05, 4.69) is 15.9 Å². The summed E-state index contributed by atoms with van der Waals surface area (Å²) in [7, 11) is 0. The van der Waals surface area contributed by atoms with Gasteiger partial charge in [0.05, 0.1) is 5.56 Å². The lowest BCUT2D eigenvalue weighted by Crippen LogP contribution is -2.18. The monoisotopic (exact) mass is 361 g/mol. The molecular weight excluding hydrogens is 350 g/mol. The molecule has 0 bridgehead atoms. The first-order valence-corrected chi connectivity index (χ1v) is 6.94. The molecule has 2 rings (SSSR count). The zero-order valence-electron chi connectivity index (χ0n) is 10.8. The van der Waals surface area contributed by atoms with Gasteiger partial charge >= 0.3 is 6.18 Å². The predicted molar refractivity (Wildman–Crippen MR) is 76.2 cm³/mol. The number of hydrogen-bond acceptors (Lipinski definition) is 1. The molecule has 1 unspecified atom stereocenters. The van der Waals surface area contributed by atoms with Crippen molar-refractivity contribution < 1.29 is 17.6 Å². The third-order valence-corrected chi connectivity index (χ3v) is 3.63. The summed E-state index contributed by atoms with van der Waals surface area (Å²) in [6.45, 7) is 0. The van der Waals surface area contributed by atoms with Crippen LogP contribution in [0.3, 0.4) is 0 Å². The molecule has 0 saturated carbocycles. The van der Waals surface area contributed by atoms with Gasteiger partial charge in [0, 0.05) is 16.1 Å². The second kappa shape index (κ2) is 6.15. The summed E-state index contributed by atoms with van der Waals surface area (Å²) >= 11 is 3.28. The molecule has 0 heterocycles. The quantitative estimate of drug-likeness (QED) is 0.777. The summed E-state index contributed by atoms with van der Waals surface area (Å²) in [4.78, 5) is 0. The van der Waals surface area contributed by atoms with E-state index in [1.54, 1.807) is 24.3 Å². The lowest BCUT2D eigenvalue weighted by Gasteiger charge is -2.16. The van der Waals surface area contributed by atoms with E-state index in [1.165, 1.54) is 12.1 Å². The number of hydrogen-bond donors (Lipinski definition) is 1. The van der Waals surface area contributed by atoms with Crippen LogP contribution in [-0.4, -0.2) is 0 Å². The molecule has 2 aromatic rings. The van der Waals surface area contributed by atoms with Gasteiger partial charge in [0.2, 0.25) is 0 Å². The molecule has 1 nitrogen and oxygen atoms in total. The minimum Gasteiger partial charge on any atom is -0.324 e. The van der Waals surface area contributed by atoms with Crippen LogP contribution in [0.5, 0.6) is 0 Å². The summed E-state index contributed by atoms with van der Waals surface area (Å²) in [6.07, 6.45) is -4.47. The van der Waals surface area contributed by atoms with Crippen LogP contribution >= 0.6 is 15.9 Å². The Morgan fingerprint density at radius 3 is 2.24 bits per heavy atom. The first kappa shape index (κ1) is 16.0. The standard InChI is InChI=1S/C15H12BrF4N/c16-10-6-4-9(5-7-10)8-13(21)11-2-1-3-12(14(11)17)15(18,19)20/h1-7,13H,8,21H2. The molecule has 0 fully saturated rings. The van der Waals surface area contributed by atoms with Crippen molar-refractivity contribution in [3.63, 3.8) is 0 Å². The van der Waals surface area contributed by atoms with E-state index < -0.39 is 23.6 Å². The van der Waals surface area contributed by atoms with Gasteiger partial charge in [0.25, 0.3) is 0 Å². The Morgan fingerprint density at radius 2 is 1.67 bits per heavy atom. The highest BCUT2D eigenvalue weighted by atomic mass is 79.9. The van der Waals surface area contributed by atoms with Gasteiger partial charge in [-0.25, -0.2) is 4.39 Å². The zero-order chi connectivity index (χ0) is 15.6. The van der Waals surface area contributed by atoms with Crippen LogP contribution in [0.1, 0.15) is 22.7 Å². The average molecular weight is 362 g/mol. The van der Waals surface area contributed by atoms with E-state index in [0.29, 0.717) is 6.07 Å². The second-order valence-electron chi connectivity index (χ2n) is 4.64. The smallest absolute Gasteiger partial charge is 0.324 e. The Kier molecular flexibility index (Phi) is 4.68. The third-order valence-electron chi connectivity index (χ3n) is 3.10. The Labute approximate surface area is 127 Å². The molecule has 2 aromatic carbocycles. The van der Waals surface area contributed by atoms with Gasteiger partial charge < -0.3 is 5.73 Å². The van der Waals surface area contributed by atoms with Crippen molar-refractivity contribution in [2.45, 2.75) is 18.6 Å². The average Bonchev–Trinajstić information content (AvgIpc) is 2.40. The lowest BCUT2D eigenvalue weighted by molar-refractivity contribution is -0.140. The van der Waals surface area contributed by atoms with Crippen molar-refractivity contribution in [1.82, 2.24) is 0 Å². The maximum Gasteiger partial charge on any atom is 0.419 e. The van der Waals surface area contributed by atoms with Crippen molar-refractivity contribution in [3.05, 3.63) is 69.4 Å². The van der Waals surface area contributed by atoms with E-state index >= 15 is 0 Å². The van der Waals surface area contributed by atoms with Crippen LogP contribution < -0.4 is 5.73 Å². The Balaban J connectivity index is 2.27. The van der Waals surface area contributed by atoms with Crippen molar-refractivity contribution in [1.29, 1.82) is 0 Å². The number of alkyl halides is 3. The molecule has 6 heteroatoms. The predicted octanol–water partition coefficient (Wildman–Crippen LogP) is 4.85. The van der Waals surface area contributed by atoms with Crippen molar-refractivity contribution in [2.75, 3.05) is 0 Å². The number of halogens is 5. The number of rotatable bonds is 3. The lowest BCUT2D eigenvalue weighted by atomic mass is 9.97. The summed E-state index contributed by atoms with van der Waals surface area (Å²) < 4.78 is 52.9. The van der Waals surface area contributed by atoms with Crippen LogP contribution in [-0.2, 0) is 12.6 Å². The fourth-order valence-electron chi connectivity index (χ4n) is 2.04. The Bertz CT molecular complexity index is 623. The fraction of sp³-hybridized carbons (Fsp3) is 0.200. The Hall–Kier alpha value is -1.40. The van der Waals surface area contributed by atoms with Crippen LogP contribution in [0.4, 0.5) is 17.6 Å². The zero-order valence-corrected chi connectivity index (χ0v) is 12.4. The van der Waals surface area contributed by atoms with E-state index in [0.717, 1.165) is 10.0 Å². The van der Waals surface area contributed by atoms with E-state index in [9.17, 15) is 17.6 Å². The summed E-state index contributed by atoms with van der Waals surface area (Å²) in [6, 6.07) is 9.50. The van der Waals surface area contributed by atoms with Gasteiger partial charge in [-0.3, -0.25) is 0 Å². The molecular formula is C15H12BrF4N. The molecule has 0 aromatic heterocycles. The van der Waals surface area contributed by atoms with Gasteiger partial charge in [0.15, 0.2) is 0 Å². The largest absolute Gasteiger partial charge is 0.419 e. The van der Waals surface area contributed by atoms with Crippen LogP contribution in [0.25, 0.3) is 0 Å². The molecule has 0 aliphatic heterocycles. The fourth-order valence-corrected chi connectivity index (χ4v) is 2.30. The first-order chi connectivity index (χ1) is 9.79. The summed E-state index contributed by atoms with van der Waals surface area (Å²) in [5, 5.41) is 0. The van der Waals surface area contributed by atoms with Gasteiger partial charge in [-0.15, -0.1) is 0 Å².